The molecule has 2 bridgehead atoms. The molecule has 0 N–H and O–H groups in total. The van der Waals surface area contributed by atoms with E-state index < -0.39 is 16.6 Å². The molecule has 2 unspecified atom stereocenters. The van der Waals surface area contributed by atoms with Crippen LogP contribution < -0.4 is 0 Å². The second-order valence-electron chi connectivity index (χ2n) is 4.81. The van der Waals surface area contributed by atoms with Crippen LogP contribution in [0.15, 0.2) is 0 Å². The van der Waals surface area contributed by atoms with E-state index in [2.05, 4.69) is 6.07 Å². The number of carbonyl (C=O) groups excluding carboxylic acids is 1. The van der Waals surface area contributed by atoms with Crippen molar-refractivity contribution in [3.63, 3.8) is 0 Å². The van der Waals surface area contributed by atoms with Crippen molar-refractivity contribution in [1.82, 2.24) is 0 Å². The summed E-state index contributed by atoms with van der Waals surface area (Å²) in [5, 5.41) is 9.13. The molecule has 3 heteroatoms. The highest BCUT2D eigenvalue weighted by molar-refractivity contribution is 5.92. The number of nitriles is 1. The van der Waals surface area contributed by atoms with Gasteiger partial charge >= 0.3 is 0 Å². The first kappa shape index (κ1) is 8.71. The molecule has 70 valence electrons. The van der Waals surface area contributed by atoms with Crippen LogP contribution in [0.2, 0.25) is 0 Å². The number of nitrogens with zero attached hydrogens (tertiary/aromatic N) is 1. The molecule has 0 aromatic rings. The summed E-state index contributed by atoms with van der Waals surface area (Å²) in [6.45, 7) is 5.59. The zero-order valence-corrected chi connectivity index (χ0v) is 8.18. The maximum atomic E-state index is 11.5. The summed E-state index contributed by atoms with van der Waals surface area (Å²) >= 11 is 0. The highest BCUT2D eigenvalue weighted by Gasteiger charge is 2.68. The van der Waals surface area contributed by atoms with Crippen molar-refractivity contribution in [2.24, 2.45) is 5.41 Å². The lowest BCUT2D eigenvalue weighted by Crippen LogP contribution is -2.46. The van der Waals surface area contributed by atoms with E-state index in [1.165, 1.54) is 0 Å². The number of rotatable bonds is 0. The van der Waals surface area contributed by atoms with Crippen molar-refractivity contribution < 1.29 is 9.53 Å². The third-order valence-electron chi connectivity index (χ3n) is 3.54. The van der Waals surface area contributed by atoms with Gasteiger partial charge in [0.15, 0.2) is 5.78 Å². The van der Waals surface area contributed by atoms with E-state index in [1.807, 2.05) is 13.8 Å². The number of ketones is 1. The predicted octanol–water partition coefficient (Wildman–Crippen LogP) is 1.43. The Kier molecular flexibility index (Phi) is 1.31. The Morgan fingerprint density at radius 3 is 2.38 bits per heavy atom. The Labute approximate surface area is 77.7 Å². The summed E-state index contributed by atoms with van der Waals surface area (Å²) in [5.41, 5.74) is -1.76. The van der Waals surface area contributed by atoms with Crippen LogP contribution in [0.25, 0.3) is 0 Å². The first-order valence-corrected chi connectivity index (χ1v) is 4.50. The molecule has 1 saturated carbocycles. The first-order chi connectivity index (χ1) is 5.85. The molecule has 1 heterocycles. The van der Waals surface area contributed by atoms with Crippen molar-refractivity contribution in [2.45, 2.75) is 44.8 Å². The minimum Gasteiger partial charge on any atom is -0.360 e. The molecular weight excluding hydrogens is 166 g/mol. The summed E-state index contributed by atoms with van der Waals surface area (Å²) in [7, 11) is 0. The van der Waals surface area contributed by atoms with Gasteiger partial charge in [0.25, 0.3) is 0 Å². The highest BCUT2D eigenvalue weighted by atomic mass is 16.5. The summed E-state index contributed by atoms with van der Waals surface area (Å²) in [6.07, 6.45) is 0.912. The van der Waals surface area contributed by atoms with Gasteiger partial charge in [-0.05, 0) is 20.8 Å². The predicted molar refractivity (Wildman–Crippen MR) is 45.9 cm³/mol. The average molecular weight is 179 g/mol. The number of ether oxygens (including phenoxy) is 1. The number of hydrogen-bond acceptors (Lipinski definition) is 3. The Hall–Kier alpha value is -0.880. The van der Waals surface area contributed by atoms with Crippen LogP contribution in [0, 0.1) is 16.7 Å². The second-order valence-corrected chi connectivity index (χ2v) is 4.81. The molecule has 0 aromatic carbocycles. The fourth-order valence-electron chi connectivity index (χ4n) is 2.59. The van der Waals surface area contributed by atoms with Gasteiger partial charge in [-0.15, -0.1) is 0 Å². The molecule has 0 amide bonds. The molecule has 2 fully saturated rings. The molecule has 2 rings (SSSR count). The SMILES string of the molecule is CC12CC(C#N)(CC1=O)C(C)(C)O2. The summed E-state index contributed by atoms with van der Waals surface area (Å²) < 4.78 is 5.67. The maximum absolute atomic E-state index is 11.5. The molecule has 0 spiro atoms. The van der Waals surface area contributed by atoms with Gasteiger partial charge in [-0.25, -0.2) is 0 Å². The summed E-state index contributed by atoms with van der Waals surface area (Å²) in [6, 6.07) is 2.27. The minimum absolute atomic E-state index is 0.0772. The highest BCUT2D eigenvalue weighted by Crippen LogP contribution is 2.59. The number of fused-ring (bicyclic) bond motifs is 2. The van der Waals surface area contributed by atoms with Crippen molar-refractivity contribution in [3.05, 3.63) is 0 Å². The Morgan fingerprint density at radius 1 is 1.46 bits per heavy atom. The van der Waals surface area contributed by atoms with Gasteiger partial charge in [-0.3, -0.25) is 4.79 Å². The molecule has 2 atom stereocenters. The van der Waals surface area contributed by atoms with Crippen LogP contribution >= 0.6 is 0 Å². The summed E-state index contributed by atoms with van der Waals surface area (Å²) in [5.74, 6) is 0.0772. The van der Waals surface area contributed by atoms with Crippen molar-refractivity contribution >= 4 is 5.78 Å². The van der Waals surface area contributed by atoms with Gasteiger partial charge in [0.05, 0.1) is 17.1 Å². The number of carbonyl (C=O) groups is 1. The van der Waals surface area contributed by atoms with Crippen LogP contribution in [0.5, 0.6) is 0 Å². The molecule has 1 aliphatic heterocycles. The monoisotopic (exact) mass is 179 g/mol. The quantitative estimate of drug-likeness (QED) is 0.565. The second kappa shape index (κ2) is 1.96. The standard InChI is InChI=1S/C10H13NO2/c1-8(2)10(6-11)4-7(12)9(3,5-10)13-8/h4-5H2,1-3H3. The van der Waals surface area contributed by atoms with Gasteiger partial charge in [-0.1, -0.05) is 0 Å². The summed E-state index contributed by atoms with van der Waals surface area (Å²) in [4.78, 5) is 11.5. The van der Waals surface area contributed by atoms with Gasteiger partial charge in [-0.2, -0.15) is 5.26 Å². The number of Topliss-reactive ketones (excluding diaryl/α,β-unsaturated/α-hetero) is 1. The van der Waals surface area contributed by atoms with Gasteiger partial charge < -0.3 is 4.74 Å². The Bertz CT molecular complexity index is 328. The maximum Gasteiger partial charge on any atom is 0.166 e. The lowest BCUT2D eigenvalue weighted by Gasteiger charge is -2.36. The van der Waals surface area contributed by atoms with Crippen LogP contribution in [-0.4, -0.2) is 17.0 Å². The van der Waals surface area contributed by atoms with Crippen LogP contribution in [0.3, 0.4) is 0 Å². The third kappa shape index (κ3) is 0.794. The molecular formula is C10H13NO2. The van der Waals surface area contributed by atoms with Crippen LogP contribution in [-0.2, 0) is 9.53 Å². The average Bonchev–Trinajstić information content (AvgIpc) is 2.34. The van der Waals surface area contributed by atoms with E-state index >= 15 is 0 Å². The molecule has 0 radical (unpaired) electrons. The van der Waals surface area contributed by atoms with Crippen LogP contribution in [0.4, 0.5) is 0 Å². The Morgan fingerprint density at radius 2 is 2.08 bits per heavy atom. The van der Waals surface area contributed by atoms with E-state index in [0.717, 1.165) is 0 Å². The first-order valence-electron chi connectivity index (χ1n) is 4.50. The third-order valence-corrected chi connectivity index (χ3v) is 3.54. The molecule has 1 saturated heterocycles. The van der Waals surface area contributed by atoms with Gasteiger partial charge in [0, 0.05) is 12.8 Å². The normalized spacial score (nSPS) is 46.5. The van der Waals surface area contributed by atoms with E-state index in [1.54, 1.807) is 6.92 Å². The van der Waals surface area contributed by atoms with Crippen LogP contribution in [0.1, 0.15) is 33.6 Å². The molecule has 13 heavy (non-hydrogen) atoms. The number of hydrogen-bond donors (Lipinski definition) is 0. The minimum atomic E-state index is -0.695. The molecule has 3 nitrogen and oxygen atoms in total. The van der Waals surface area contributed by atoms with Crippen molar-refractivity contribution in [3.8, 4) is 6.07 Å². The smallest absolute Gasteiger partial charge is 0.166 e. The molecule has 0 aromatic heterocycles. The van der Waals surface area contributed by atoms with Crippen molar-refractivity contribution in [1.29, 1.82) is 5.26 Å². The van der Waals surface area contributed by atoms with E-state index in [0.29, 0.717) is 12.8 Å². The fraction of sp³-hybridized carbons (Fsp3) is 0.800. The van der Waals surface area contributed by atoms with Gasteiger partial charge in [0.1, 0.15) is 5.60 Å². The molecule has 1 aliphatic carbocycles. The van der Waals surface area contributed by atoms with E-state index in [-0.39, 0.29) is 5.78 Å². The van der Waals surface area contributed by atoms with E-state index in [9.17, 15) is 4.79 Å². The zero-order chi connectivity index (χ0) is 9.91. The zero-order valence-electron chi connectivity index (χ0n) is 8.18. The fourth-order valence-corrected chi connectivity index (χ4v) is 2.59. The van der Waals surface area contributed by atoms with Crippen molar-refractivity contribution in [2.75, 3.05) is 0 Å². The lowest BCUT2D eigenvalue weighted by molar-refractivity contribution is -0.161. The Balaban J connectivity index is 2.51. The molecule has 2 aliphatic rings. The lowest BCUT2D eigenvalue weighted by atomic mass is 9.74. The van der Waals surface area contributed by atoms with Gasteiger partial charge in [0.2, 0.25) is 0 Å². The largest absolute Gasteiger partial charge is 0.360 e. The topological polar surface area (TPSA) is 50.1 Å². The van der Waals surface area contributed by atoms with E-state index in [4.69, 9.17) is 10.00 Å².